The second kappa shape index (κ2) is 9.00. The Morgan fingerprint density at radius 1 is 1.09 bits per heavy atom. The van der Waals surface area contributed by atoms with Crippen molar-refractivity contribution in [1.29, 1.82) is 0 Å². The Labute approximate surface area is 134 Å². The van der Waals surface area contributed by atoms with E-state index in [1.54, 1.807) is 24.9 Å². The average molecular weight is 317 g/mol. The van der Waals surface area contributed by atoms with Gasteiger partial charge in [0.2, 0.25) is 5.91 Å². The first-order chi connectivity index (χ1) is 10.8. The number of carbonyl (C=O) groups is 1. The maximum atomic E-state index is 11.8. The van der Waals surface area contributed by atoms with Gasteiger partial charge in [0.15, 0.2) is 0 Å². The monoisotopic (exact) mass is 317 g/mol. The fraction of sp³-hybridized carbons (Fsp3) is 0.235. The molecule has 1 amide bonds. The number of hydrogen-bond acceptors (Lipinski definition) is 4. The van der Waals surface area contributed by atoms with Crippen LogP contribution in [0.4, 0.5) is 5.69 Å². The Kier molecular flexibility index (Phi) is 6.64. The second-order valence-electron chi connectivity index (χ2n) is 4.49. The Bertz CT molecular complexity index is 589. The molecule has 0 fully saturated rings. The summed E-state index contributed by atoms with van der Waals surface area (Å²) < 4.78 is 10.7. The quantitative estimate of drug-likeness (QED) is 0.758. The summed E-state index contributed by atoms with van der Waals surface area (Å²) in [5, 5.41) is 2.84. The number of anilines is 1. The van der Waals surface area contributed by atoms with Crippen LogP contribution in [0.2, 0.25) is 0 Å². The number of thioether (sulfide) groups is 1. The molecule has 1 N–H and O–H groups in total. The Hall–Kier alpha value is -2.14. The van der Waals surface area contributed by atoms with Gasteiger partial charge in [-0.3, -0.25) is 4.79 Å². The number of carbonyl (C=O) groups excluding carboxylic acids is 1. The van der Waals surface area contributed by atoms with Crippen molar-refractivity contribution in [3.8, 4) is 11.5 Å². The Morgan fingerprint density at radius 3 is 2.64 bits per heavy atom. The normalized spacial score (nSPS) is 10.0. The second-order valence-corrected chi connectivity index (χ2v) is 5.60. The molecular formula is C17H19NO3S. The standard InChI is InChI=1S/C17H19NO3S/c1-20-16-9-5-6-14(12-16)18-17(19)13-22-11-10-21-15-7-3-2-4-8-15/h2-9,12H,10-11,13H2,1H3,(H,18,19). The summed E-state index contributed by atoms with van der Waals surface area (Å²) >= 11 is 1.54. The largest absolute Gasteiger partial charge is 0.497 e. The zero-order valence-electron chi connectivity index (χ0n) is 12.5. The molecule has 2 aromatic rings. The number of nitrogens with one attached hydrogen (secondary N) is 1. The summed E-state index contributed by atoms with van der Waals surface area (Å²) in [6.45, 7) is 0.584. The first kappa shape index (κ1) is 16.2. The van der Waals surface area contributed by atoms with Gasteiger partial charge < -0.3 is 14.8 Å². The number of hydrogen-bond donors (Lipinski definition) is 1. The molecule has 0 aromatic heterocycles. The number of para-hydroxylation sites is 1. The molecule has 0 heterocycles. The lowest BCUT2D eigenvalue weighted by atomic mass is 10.3. The van der Waals surface area contributed by atoms with Gasteiger partial charge >= 0.3 is 0 Å². The summed E-state index contributed by atoms with van der Waals surface area (Å²) in [7, 11) is 1.60. The topological polar surface area (TPSA) is 47.6 Å². The molecule has 2 rings (SSSR count). The predicted molar refractivity (Wildman–Crippen MR) is 90.9 cm³/mol. The van der Waals surface area contributed by atoms with Gasteiger partial charge in [0.05, 0.1) is 19.5 Å². The van der Waals surface area contributed by atoms with E-state index in [1.807, 2.05) is 48.5 Å². The summed E-state index contributed by atoms with van der Waals surface area (Å²) in [4.78, 5) is 11.8. The van der Waals surface area contributed by atoms with E-state index in [1.165, 1.54) is 0 Å². The number of methoxy groups -OCH3 is 1. The van der Waals surface area contributed by atoms with Gasteiger partial charge in [0, 0.05) is 17.5 Å². The third kappa shape index (κ3) is 5.69. The molecule has 0 radical (unpaired) electrons. The fourth-order valence-electron chi connectivity index (χ4n) is 1.80. The molecule has 0 unspecified atom stereocenters. The molecule has 0 bridgehead atoms. The molecule has 5 heteroatoms. The van der Waals surface area contributed by atoms with Crippen LogP contribution in [0.25, 0.3) is 0 Å². The van der Waals surface area contributed by atoms with Gasteiger partial charge in [-0.05, 0) is 24.3 Å². The molecule has 0 atom stereocenters. The SMILES string of the molecule is COc1cccc(NC(=O)CSCCOc2ccccc2)c1. The number of amides is 1. The van der Waals surface area contributed by atoms with E-state index in [9.17, 15) is 4.79 Å². The molecule has 2 aromatic carbocycles. The fourth-order valence-corrected chi connectivity index (χ4v) is 2.40. The van der Waals surface area contributed by atoms with E-state index in [4.69, 9.17) is 9.47 Å². The molecule has 22 heavy (non-hydrogen) atoms. The van der Waals surface area contributed by atoms with E-state index >= 15 is 0 Å². The number of rotatable bonds is 8. The highest BCUT2D eigenvalue weighted by Gasteiger charge is 2.03. The first-order valence-electron chi connectivity index (χ1n) is 6.97. The highest BCUT2D eigenvalue weighted by molar-refractivity contribution is 7.99. The molecule has 4 nitrogen and oxygen atoms in total. The van der Waals surface area contributed by atoms with Gasteiger partial charge in [-0.2, -0.15) is 0 Å². The van der Waals surface area contributed by atoms with Crippen LogP contribution in [-0.2, 0) is 4.79 Å². The van der Waals surface area contributed by atoms with Crippen molar-refractivity contribution in [1.82, 2.24) is 0 Å². The van der Waals surface area contributed by atoms with Crippen LogP contribution < -0.4 is 14.8 Å². The minimum absolute atomic E-state index is 0.0297. The maximum Gasteiger partial charge on any atom is 0.234 e. The van der Waals surface area contributed by atoms with Crippen LogP contribution in [-0.4, -0.2) is 31.1 Å². The van der Waals surface area contributed by atoms with E-state index in [0.717, 1.165) is 22.9 Å². The highest BCUT2D eigenvalue weighted by atomic mass is 32.2. The van der Waals surface area contributed by atoms with Crippen molar-refractivity contribution in [2.24, 2.45) is 0 Å². The van der Waals surface area contributed by atoms with Gasteiger partial charge in [-0.1, -0.05) is 24.3 Å². The Balaban J connectivity index is 1.63. The van der Waals surface area contributed by atoms with Crippen LogP contribution in [0.5, 0.6) is 11.5 Å². The van der Waals surface area contributed by atoms with Crippen molar-refractivity contribution in [2.45, 2.75) is 0 Å². The van der Waals surface area contributed by atoms with Gasteiger partial charge in [0.1, 0.15) is 11.5 Å². The van der Waals surface area contributed by atoms with E-state index < -0.39 is 0 Å². The molecule has 0 spiro atoms. The zero-order valence-corrected chi connectivity index (χ0v) is 13.3. The minimum atomic E-state index is -0.0297. The van der Waals surface area contributed by atoms with Crippen molar-refractivity contribution < 1.29 is 14.3 Å². The third-order valence-electron chi connectivity index (χ3n) is 2.83. The molecule has 0 saturated carbocycles. The first-order valence-corrected chi connectivity index (χ1v) is 8.13. The van der Waals surface area contributed by atoms with Gasteiger partial charge in [-0.15, -0.1) is 11.8 Å². The lowest BCUT2D eigenvalue weighted by Gasteiger charge is -2.07. The summed E-state index contributed by atoms with van der Waals surface area (Å²) in [6.07, 6.45) is 0. The average Bonchev–Trinajstić information content (AvgIpc) is 2.55. The number of benzene rings is 2. The van der Waals surface area contributed by atoms with Crippen LogP contribution in [0.3, 0.4) is 0 Å². The predicted octanol–water partition coefficient (Wildman–Crippen LogP) is 3.45. The lowest BCUT2D eigenvalue weighted by Crippen LogP contribution is -2.15. The molecule has 116 valence electrons. The Morgan fingerprint density at radius 2 is 1.86 bits per heavy atom. The summed E-state index contributed by atoms with van der Waals surface area (Å²) in [5.41, 5.74) is 0.741. The van der Waals surface area contributed by atoms with Crippen LogP contribution >= 0.6 is 11.8 Å². The minimum Gasteiger partial charge on any atom is -0.497 e. The zero-order chi connectivity index (χ0) is 15.6. The third-order valence-corrected chi connectivity index (χ3v) is 3.75. The molecule has 0 aliphatic carbocycles. The smallest absolute Gasteiger partial charge is 0.234 e. The maximum absolute atomic E-state index is 11.8. The van der Waals surface area contributed by atoms with E-state index in [0.29, 0.717) is 12.4 Å². The lowest BCUT2D eigenvalue weighted by molar-refractivity contribution is -0.113. The molecule has 0 aliphatic heterocycles. The van der Waals surface area contributed by atoms with Crippen LogP contribution in [0, 0.1) is 0 Å². The number of ether oxygens (including phenoxy) is 2. The molecular weight excluding hydrogens is 298 g/mol. The highest BCUT2D eigenvalue weighted by Crippen LogP contribution is 2.17. The van der Waals surface area contributed by atoms with Crippen LogP contribution in [0.1, 0.15) is 0 Å². The summed E-state index contributed by atoms with van der Waals surface area (Å²) in [5.74, 6) is 2.71. The van der Waals surface area contributed by atoms with Gasteiger partial charge in [-0.25, -0.2) is 0 Å². The molecule has 0 saturated heterocycles. The van der Waals surface area contributed by atoms with Crippen molar-refractivity contribution >= 4 is 23.4 Å². The summed E-state index contributed by atoms with van der Waals surface area (Å²) in [6, 6.07) is 17.0. The van der Waals surface area contributed by atoms with Crippen molar-refractivity contribution in [2.75, 3.05) is 30.5 Å². The van der Waals surface area contributed by atoms with E-state index in [2.05, 4.69) is 5.32 Å². The van der Waals surface area contributed by atoms with Crippen molar-refractivity contribution in [3.63, 3.8) is 0 Å². The molecule has 0 aliphatic rings. The van der Waals surface area contributed by atoms with Gasteiger partial charge in [0.25, 0.3) is 0 Å². The van der Waals surface area contributed by atoms with E-state index in [-0.39, 0.29) is 5.91 Å². The van der Waals surface area contributed by atoms with Crippen LogP contribution in [0.15, 0.2) is 54.6 Å². The van der Waals surface area contributed by atoms with Crippen molar-refractivity contribution in [3.05, 3.63) is 54.6 Å².